The number of fused-ring (bicyclic) bond motifs is 1. The van der Waals surface area contributed by atoms with Crippen LogP contribution in [0.25, 0.3) is 22.3 Å². The van der Waals surface area contributed by atoms with Gasteiger partial charge in [-0.05, 0) is 63.4 Å². The van der Waals surface area contributed by atoms with E-state index in [4.69, 9.17) is 0 Å². The Labute approximate surface area is 145 Å². The first-order chi connectivity index (χ1) is 11.6. The van der Waals surface area contributed by atoms with Gasteiger partial charge in [-0.15, -0.1) is 0 Å². The fourth-order valence-corrected chi connectivity index (χ4v) is 3.16. The van der Waals surface area contributed by atoms with Crippen LogP contribution in [0.15, 0.2) is 29.2 Å². The fraction of sp³-hybridized carbons (Fsp3) is 0.316. The summed E-state index contributed by atoms with van der Waals surface area (Å²) in [6.45, 7) is 9.55. The quantitative estimate of drug-likeness (QED) is 0.748. The molecule has 0 bridgehead atoms. The molecule has 0 radical (unpaired) electrons. The summed E-state index contributed by atoms with van der Waals surface area (Å²) in [6.07, 6.45) is 1.68. The van der Waals surface area contributed by atoms with E-state index in [1.165, 1.54) is 0 Å². The number of carboxylic acid groups (broad SMARTS) is 1. The molecule has 3 rings (SSSR count). The average Bonchev–Trinajstić information content (AvgIpc) is 2.81. The maximum atomic E-state index is 12.3. The molecule has 0 aliphatic carbocycles. The standard InChI is InChI=1S/C19H21N3O3/c1-10-6-11(2)14(17(23)24)8-13(10)12-7-15-16(20-9-12)22(18(25)21-15)19(3,4)5/h6-9H,1-5H3,(H,21,25)(H,23,24). The smallest absolute Gasteiger partial charge is 0.335 e. The number of aryl methyl sites for hydroxylation is 2. The Kier molecular flexibility index (Phi) is 3.78. The molecule has 0 unspecified atom stereocenters. The van der Waals surface area contributed by atoms with E-state index in [2.05, 4.69) is 9.97 Å². The van der Waals surface area contributed by atoms with E-state index in [-0.39, 0.29) is 16.8 Å². The largest absolute Gasteiger partial charge is 0.478 e. The minimum Gasteiger partial charge on any atom is -0.478 e. The van der Waals surface area contributed by atoms with Crippen LogP contribution in [0.5, 0.6) is 0 Å². The number of pyridine rings is 1. The molecule has 2 aromatic heterocycles. The molecule has 6 nitrogen and oxygen atoms in total. The Morgan fingerprint density at radius 2 is 1.84 bits per heavy atom. The number of imidazole rings is 1. The number of rotatable bonds is 2. The molecule has 0 saturated carbocycles. The molecule has 2 N–H and O–H groups in total. The number of aromatic carboxylic acids is 1. The lowest BCUT2D eigenvalue weighted by molar-refractivity contribution is 0.0696. The number of hydrogen-bond acceptors (Lipinski definition) is 3. The third-order valence-electron chi connectivity index (χ3n) is 4.31. The van der Waals surface area contributed by atoms with Crippen LogP contribution in [0.4, 0.5) is 0 Å². The van der Waals surface area contributed by atoms with Gasteiger partial charge in [0.1, 0.15) is 0 Å². The lowest BCUT2D eigenvalue weighted by atomic mass is 9.96. The van der Waals surface area contributed by atoms with Crippen LogP contribution >= 0.6 is 0 Å². The predicted octanol–water partition coefficient (Wildman–Crippen LogP) is 3.46. The molecule has 0 amide bonds. The molecule has 3 aromatic rings. The number of H-pyrrole nitrogens is 1. The highest BCUT2D eigenvalue weighted by Crippen LogP contribution is 2.28. The minimum atomic E-state index is -0.958. The topological polar surface area (TPSA) is 88.0 Å². The summed E-state index contributed by atoms with van der Waals surface area (Å²) >= 11 is 0. The van der Waals surface area contributed by atoms with Gasteiger partial charge in [-0.1, -0.05) is 6.07 Å². The van der Waals surface area contributed by atoms with E-state index in [0.717, 1.165) is 22.3 Å². The Bertz CT molecular complexity index is 1050. The first kappa shape index (κ1) is 17.0. The molecule has 25 heavy (non-hydrogen) atoms. The summed E-state index contributed by atoms with van der Waals surface area (Å²) in [6, 6.07) is 5.36. The number of nitrogens with zero attached hydrogens (tertiary/aromatic N) is 2. The van der Waals surface area contributed by atoms with Crippen molar-refractivity contribution in [2.75, 3.05) is 0 Å². The first-order valence-electron chi connectivity index (χ1n) is 8.06. The van der Waals surface area contributed by atoms with Crippen LogP contribution < -0.4 is 5.69 Å². The zero-order chi connectivity index (χ0) is 18.5. The van der Waals surface area contributed by atoms with E-state index in [9.17, 15) is 14.7 Å². The number of carboxylic acids is 1. The van der Waals surface area contributed by atoms with Gasteiger partial charge in [-0.25, -0.2) is 14.6 Å². The lowest BCUT2D eigenvalue weighted by Crippen LogP contribution is -2.32. The van der Waals surface area contributed by atoms with Gasteiger partial charge in [0, 0.05) is 17.3 Å². The Morgan fingerprint density at radius 1 is 1.16 bits per heavy atom. The Hall–Kier alpha value is -2.89. The number of aromatic amines is 1. The SMILES string of the molecule is Cc1cc(C)c(-c2cnc3c(c2)[nH]c(=O)n3C(C)(C)C)cc1C(=O)O. The van der Waals surface area contributed by atoms with Gasteiger partial charge in [0.15, 0.2) is 5.65 Å². The Balaban J connectivity index is 2.24. The van der Waals surface area contributed by atoms with E-state index in [0.29, 0.717) is 11.2 Å². The number of nitrogens with one attached hydrogen (secondary N) is 1. The summed E-state index contributed by atoms with van der Waals surface area (Å²) in [5.41, 5.74) is 4.13. The van der Waals surface area contributed by atoms with Crippen molar-refractivity contribution in [2.45, 2.75) is 40.2 Å². The maximum absolute atomic E-state index is 12.3. The first-order valence-corrected chi connectivity index (χ1v) is 8.06. The molecular formula is C19H21N3O3. The van der Waals surface area contributed by atoms with Gasteiger partial charge in [-0.2, -0.15) is 0 Å². The highest BCUT2D eigenvalue weighted by molar-refractivity contribution is 5.92. The average molecular weight is 339 g/mol. The van der Waals surface area contributed by atoms with Crippen molar-refractivity contribution in [3.8, 4) is 11.1 Å². The summed E-state index contributed by atoms with van der Waals surface area (Å²) in [5, 5.41) is 9.36. The summed E-state index contributed by atoms with van der Waals surface area (Å²) in [7, 11) is 0. The van der Waals surface area contributed by atoms with Crippen molar-refractivity contribution in [3.63, 3.8) is 0 Å². The van der Waals surface area contributed by atoms with Crippen LogP contribution in [-0.4, -0.2) is 25.6 Å². The molecular weight excluding hydrogens is 318 g/mol. The molecule has 0 spiro atoms. The second kappa shape index (κ2) is 5.58. The summed E-state index contributed by atoms with van der Waals surface area (Å²) in [5.74, 6) is -0.958. The molecule has 0 atom stereocenters. The van der Waals surface area contributed by atoms with Crippen molar-refractivity contribution in [1.29, 1.82) is 0 Å². The minimum absolute atomic E-state index is 0.209. The molecule has 6 heteroatoms. The highest BCUT2D eigenvalue weighted by atomic mass is 16.4. The molecule has 0 aliphatic rings. The van der Waals surface area contributed by atoms with Crippen molar-refractivity contribution >= 4 is 17.1 Å². The molecule has 0 fully saturated rings. The normalized spacial score (nSPS) is 11.9. The van der Waals surface area contributed by atoms with E-state index >= 15 is 0 Å². The van der Waals surface area contributed by atoms with Crippen molar-refractivity contribution < 1.29 is 9.90 Å². The predicted molar refractivity (Wildman–Crippen MR) is 97.2 cm³/mol. The van der Waals surface area contributed by atoms with Gasteiger partial charge < -0.3 is 10.1 Å². The van der Waals surface area contributed by atoms with Crippen LogP contribution in [0, 0.1) is 13.8 Å². The maximum Gasteiger partial charge on any atom is 0.335 e. The van der Waals surface area contributed by atoms with E-state index < -0.39 is 5.97 Å². The molecule has 2 heterocycles. The molecule has 0 saturated heterocycles. The third kappa shape index (κ3) is 2.84. The zero-order valence-corrected chi connectivity index (χ0v) is 15.0. The summed E-state index contributed by atoms with van der Waals surface area (Å²) < 4.78 is 1.62. The van der Waals surface area contributed by atoms with Crippen molar-refractivity contribution in [3.05, 3.63) is 51.6 Å². The second-order valence-electron chi connectivity index (χ2n) is 7.32. The van der Waals surface area contributed by atoms with E-state index in [1.54, 1.807) is 23.8 Å². The zero-order valence-electron chi connectivity index (χ0n) is 15.0. The summed E-state index contributed by atoms with van der Waals surface area (Å²) in [4.78, 5) is 31.0. The number of aromatic nitrogens is 3. The molecule has 130 valence electrons. The van der Waals surface area contributed by atoms with E-state index in [1.807, 2.05) is 39.8 Å². The second-order valence-corrected chi connectivity index (χ2v) is 7.32. The lowest BCUT2D eigenvalue weighted by Gasteiger charge is -2.19. The van der Waals surface area contributed by atoms with Gasteiger partial charge in [0.2, 0.25) is 0 Å². The molecule has 0 aliphatic heterocycles. The van der Waals surface area contributed by atoms with Gasteiger partial charge >= 0.3 is 11.7 Å². The fourth-order valence-electron chi connectivity index (χ4n) is 3.16. The van der Waals surface area contributed by atoms with Crippen LogP contribution in [-0.2, 0) is 5.54 Å². The van der Waals surface area contributed by atoms with Crippen LogP contribution in [0.3, 0.4) is 0 Å². The number of benzene rings is 1. The number of carbonyl (C=O) groups is 1. The number of hydrogen-bond donors (Lipinski definition) is 2. The van der Waals surface area contributed by atoms with Gasteiger partial charge in [0.05, 0.1) is 11.1 Å². The third-order valence-corrected chi connectivity index (χ3v) is 4.31. The Morgan fingerprint density at radius 3 is 2.44 bits per heavy atom. The monoisotopic (exact) mass is 339 g/mol. The van der Waals surface area contributed by atoms with Crippen molar-refractivity contribution in [2.24, 2.45) is 0 Å². The van der Waals surface area contributed by atoms with Crippen LogP contribution in [0.1, 0.15) is 42.3 Å². The van der Waals surface area contributed by atoms with Gasteiger partial charge in [-0.3, -0.25) is 4.57 Å². The van der Waals surface area contributed by atoms with Gasteiger partial charge in [0.25, 0.3) is 0 Å². The molecule has 1 aromatic carbocycles. The highest BCUT2D eigenvalue weighted by Gasteiger charge is 2.21. The van der Waals surface area contributed by atoms with Crippen LogP contribution in [0.2, 0.25) is 0 Å². The van der Waals surface area contributed by atoms with Crippen molar-refractivity contribution in [1.82, 2.24) is 14.5 Å².